The Morgan fingerprint density at radius 2 is 1.58 bits per heavy atom. The molecule has 6 atom stereocenters. The lowest BCUT2D eigenvalue weighted by molar-refractivity contribution is -0.385. The van der Waals surface area contributed by atoms with Gasteiger partial charge in [-0.1, -0.05) is 6.92 Å². The van der Waals surface area contributed by atoms with Gasteiger partial charge in [-0.15, -0.1) is 11.8 Å². The number of fused-ring (bicyclic) bond motifs is 1. The van der Waals surface area contributed by atoms with Crippen molar-refractivity contribution in [1.82, 2.24) is 14.5 Å². The molecule has 0 radical (unpaired) electrons. The van der Waals surface area contributed by atoms with Gasteiger partial charge in [-0.3, -0.25) is 25.0 Å². The van der Waals surface area contributed by atoms with E-state index in [1.54, 1.807) is 0 Å². The van der Waals surface area contributed by atoms with E-state index in [0.717, 1.165) is 0 Å². The first kappa shape index (κ1) is 36.6. The van der Waals surface area contributed by atoms with Crippen LogP contribution in [0.5, 0.6) is 0 Å². The molecule has 3 aliphatic rings. The maximum atomic E-state index is 13.6. The number of amides is 2. The van der Waals surface area contributed by atoms with Gasteiger partial charge in [-0.25, -0.2) is 19.5 Å². The first-order valence-corrected chi connectivity index (χ1v) is 17.7. The van der Waals surface area contributed by atoms with Crippen molar-refractivity contribution in [2.24, 2.45) is 17.0 Å². The van der Waals surface area contributed by atoms with Crippen molar-refractivity contribution in [2.45, 2.75) is 56.9 Å². The summed E-state index contributed by atoms with van der Waals surface area (Å²) in [6.45, 7) is 2.67. The zero-order chi connectivity index (χ0) is 36.5. The summed E-state index contributed by atoms with van der Waals surface area (Å²) in [4.78, 5) is 64.0. The van der Waals surface area contributed by atoms with E-state index in [0.29, 0.717) is 16.0 Å². The summed E-state index contributed by atoms with van der Waals surface area (Å²) in [6.07, 6.45) is -1.54. The van der Waals surface area contributed by atoms with E-state index in [4.69, 9.17) is 14.6 Å². The smallest absolute Gasteiger partial charge is 0.410 e. The molecule has 4 N–H and O–H groups in total. The van der Waals surface area contributed by atoms with Crippen LogP contribution < -0.4 is 9.86 Å². The Hall–Kier alpha value is -4.63. The third kappa shape index (κ3) is 7.88. The Morgan fingerprint density at radius 3 is 2.08 bits per heavy atom. The molecule has 2 saturated heterocycles. The van der Waals surface area contributed by atoms with Crippen molar-refractivity contribution in [2.75, 3.05) is 13.1 Å². The van der Waals surface area contributed by atoms with Gasteiger partial charge in [-0.2, -0.15) is 8.42 Å². The number of non-ortho nitro benzene ring substituents is 2. The standard InChI is InChI=1S/C30H34N6O12S2/c1-16-25-24(17(2)37)28(38)34(25)26(29(39)47-14-18-3-7-20(8-4-18)35(41)42)27(16)49-23-11-22(12-32-50(31,45)46)33(13-23)30(40)48-15-19-5-9-21(10-6-19)36(43)44/h3-10,16-17,22-25,32,37H,11-15H2,1-2H3,(H2,31,45,46)/t16-,17?,22+,23+,24-,25?/m1/s1. The molecule has 18 nitrogen and oxygen atoms in total. The summed E-state index contributed by atoms with van der Waals surface area (Å²) >= 11 is 1.23. The van der Waals surface area contributed by atoms with Gasteiger partial charge in [0.2, 0.25) is 5.91 Å². The van der Waals surface area contributed by atoms with Crippen molar-refractivity contribution < 1.29 is 47.2 Å². The molecular weight excluding hydrogens is 700 g/mol. The van der Waals surface area contributed by atoms with Crippen molar-refractivity contribution in [3.63, 3.8) is 0 Å². The van der Waals surface area contributed by atoms with E-state index >= 15 is 0 Å². The van der Waals surface area contributed by atoms with Crippen LogP contribution in [0.25, 0.3) is 0 Å². The second-order valence-corrected chi connectivity index (χ2v) is 14.8. The minimum atomic E-state index is -4.12. The molecule has 2 unspecified atom stereocenters. The highest BCUT2D eigenvalue weighted by Crippen LogP contribution is 2.52. The van der Waals surface area contributed by atoms with Crippen LogP contribution in [0, 0.1) is 32.1 Å². The number of aliphatic hydroxyl groups excluding tert-OH is 1. The van der Waals surface area contributed by atoms with Crippen molar-refractivity contribution in [3.8, 4) is 0 Å². The summed E-state index contributed by atoms with van der Waals surface area (Å²) in [5, 5.41) is 37.0. The molecular formula is C30H34N6O12S2. The number of carbonyl (C=O) groups is 3. The molecule has 20 heteroatoms. The monoisotopic (exact) mass is 734 g/mol. The number of nitrogens with two attached hydrogens (primary N) is 1. The van der Waals surface area contributed by atoms with Crippen LogP contribution in [-0.2, 0) is 42.5 Å². The molecule has 0 saturated carbocycles. The number of β-lactam (4-membered cyclic amide) rings is 1. The molecule has 2 amide bonds. The van der Waals surface area contributed by atoms with Crippen LogP contribution in [0.4, 0.5) is 16.2 Å². The first-order valence-electron chi connectivity index (χ1n) is 15.3. The number of likely N-dealkylation sites (tertiary alicyclic amines) is 1. The summed E-state index contributed by atoms with van der Waals surface area (Å²) in [5.74, 6) is -2.44. The zero-order valence-corrected chi connectivity index (χ0v) is 28.4. The second kappa shape index (κ2) is 14.7. The van der Waals surface area contributed by atoms with Crippen LogP contribution in [0.2, 0.25) is 0 Å². The Balaban J connectivity index is 1.35. The van der Waals surface area contributed by atoms with Gasteiger partial charge in [0, 0.05) is 59.5 Å². The van der Waals surface area contributed by atoms with Gasteiger partial charge in [0.15, 0.2) is 0 Å². The quantitative estimate of drug-likeness (QED) is 0.115. The number of nitro benzene ring substituents is 2. The fourth-order valence-electron chi connectivity index (χ4n) is 6.31. The van der Waals surface area contributed by atoms with Crippen LogP contribution in [-0.4, -0.2) is 87.7 Å². The number of nitrogens with zero attached hydrogens (tertiary/aromatic N) is 4. The molecule has 3 heterocycles. The van der Waals surface area contributed by atoms with Crippen LogP contribution in [0.15, 0.2) is 59.1 Å². The van der Waals surface area contributed by atoms with E-state index < -0.39 is 73.3 Å². The molecule has 5 rings (SSSR count). The lowest BCUT2D eigenvalue weighted by Gasteiger charge is -2.46. The van der Waals surface area contributed by atoms with Gasteiger partial charge >= 0.3 is 12.1 Å². The summed E-state index contributed by atoms with van der Waals surface area (Å²) in [6, 6.07) is 9.60. The Kier molecular flexibility index (Phi) is 10.8. The maximum Gasteiger partial charge on any atom is 0.410 e. The van der Waals surface area contributed by atoms with Gasteiger partial charge in [0.1, 0.15) is 18.9 Å². The molecule has 0 aromatic heterocycles. The van der Waals surface area contributed by atoms with Crippen molar-refractivity contribution in [3.05, 3.63) is 90.5 Å². The van der Waals surface area contributed by atoms with Crippen LogP contribution in [0.1, 0.15) is 31.4 Å². The molecule has 2 aromatic rings. The number of thioether (sulfide) groups is 1. The molecule has 3 aliphatic heterocycles. The third-order valence-corrected chi connectivity index (χ3v) is 10.8. The van der Waals surface area contributed by atoms with Gasteiger partial charge in [0.05, 0.1) is 27.9 Å². The van der Waals surface area contributed by atoms with E-state index in [9.17, 15) is 48.1 Å². The lowest BCUT2D eigenvalue weighted by atomic mass is 9.79. The number of ether oxygens (including phenoxy) is 2. The van der Waals surface area contributed by atoms with E-state index in [1.165, 1.54) is 77.0 Å². The predicted octanol–water partition coefficient (Wildman–Crippen LogP) is 1.92. The maximum absolute atomic E-state index is 13.6. The topological polar surface area (TPSA) is 255 Å². The number of hydrogen-bond acceptors (Lipinski definition) is 13. The number of aliphatic hydroxyl groups is 1. The van der Waals surface area contributed by atoms with E-state index in [2.05, 4.69) is 4.72 Å². The van der Waals surface area contributed by atoms with E-state index in [-0.39, 0.29) is 49.8 Å². The van der Waals surface area contributed by atoms with Crippen molar-refractivity contribution in [1.29, 1.82) is 0 Å². The van der Waals surface area contributed by atoms with Crippen LogP contribution in [0.3, 0.4) is 0 Å². The number of carbonyl (C=O) groups excluding carboxylic acids is 3. The third-order valence-electron chi connectivity index (χ3n) is 8.75. The normalized spacial score (nSPS) is 23.7. The summed E-state index contributed by atoms with van der Waals surface area (Å²) in [5.41, 5.74) is 0.682. The van der Waals surface area contributed by atoms with Crippen molar-refractivity contribution >= 4 is 51.3 Å². The Bertz CT molecular complexity index is 1820. The highest BCUT2D eigenvalue weighted by molar-refractivity contribution is 8.03. The zero-order valence-electron chi connectivity index (χ0n) is 26.7. The SMILES string of the molecule is CC(O)[C@H]1C(=O)N2C(C(=O)OCc3ccc([N+](=O)[O-])cc3)=C(S[C@H]3C[C@@H](CNS(N)(=O)=O)N(C(=O)OCc4ccc([N+](=O)[O-])cc4)C3)[C@H](C)C12. The highest BCUT2D eigenvalue weighted by Gasteiger charge is 2.60. The molecule has 50 heavy (non-hydrogen) atoms. The molecule has 0 aliphatic carbocycles. The average Bonchev–Trinajstić information content (AvgIpc) is 3.57. The average molecular weight is 735 g/mol. The van der Waals surface area contributed by atoms with Gasteiger partial charge in [-0.05, 0) is 48.7 Å². The number of hydrogen-bond donors (Lipinski definition) is 3. The highest BCUT2D eigenvalue weighted by atomic mass is 32.2. The molecule has 268 valence electrons. The molecule has 2 aromatic carbocycles. The number of nitro groups is 2. The lowest BCUT2D eigenvalue weighted by Crippen LogP contribution is -2.63. The second-order valence-electron chi connectivity index (χ2n) is 12.1. The summed E-state index contributed by atoms with van der Waals surface area (Å²) in [7, 11) is -4.12. The Morgan fingerprint density at radius 1 is 1.04 bits per heavy atom. The predicted molar refractivity (Wildman–Crippen MR) is 176 cm³/mol. The summed E-state index contributed by atoms with van der Waals surface area (Å²) < 4.78 is 36.6. The fraction of sp³-hybridized carbons (Fsp3) is 0.433. The number of rotatable bonds is 13. The fourth-order valence-corrected chi connectivity index (χ4v) is 8.30. The Labute approximate surface area is 290 Å². The minimum absolute atomic E-state index is 0.00489. The number of esters is 1. The first-order chi connectivity index (χ1) is 23.6. The van der Waals surface area contributed by atoms with Crippen LogP contribution >= 0.6 is 11.8 Å². The van der Waals surface area contributed by atoms with Gasteiger partial charge in [0.25, 0.3) is 21.6 Å². The van der Waals surface area contributed by atoms with Gasteiger partial charge < -0.3 is 24.4 Å². The van der Waals surface area contributed by atoms with E-state index in [1.807, 2.05) is 6.92 Å². The largest absolute Gasteiger partial charge is 0.456 e. The minimum Gasteiger partial charge on any atom is -0.456 e. The number of benzene rings is 2. The molecule has 0 spiro atoms. The molecule has 2 fully saturated rings. The number of nitrogens with one attached hydrogen (secondary N) is 1. The molecule has 0 bridgehead atoms.